The van der Waals surface area contributed by atoms with Crippen molar-refractivity contribution in [3.8, 4) is 0 Å². The summed E-state index contributed by atoms with van der Waals surface area (Å²) in [6.07, 6.45) is 8.71. The minimum atomic E-state index is 0.168. The number of pyridine rings is 1. The van der Waals surface area contributed by atoms with Gasteiger partial charge in [0.1, 0.15) is 5.82 Å². The number of rotatable bonds is 7. The first-order valence-electron chi connectivity index (χ1n) is 11.0. The van der Waals surface area contributed by atoms with Gasteiger partial charge in [0.15, 0.2) is 0 Å². The van der Waals surface area contributed by atoms with Gasteiger partial charge in [-0.25, -0.2) is 4.98 Å². The molecule has 5 heteroatoms. The Morgan fingerprint density at radius 1 is 1.10 bits per heavy atom. The SMILES string of the molecule is COCCNc1ccc2c(NC(=O)CC34CC5CC(CC(C5)C3)C4)cccc2n1. The maximum absolute atomic E-state index is 13.0. The van der Waals surface area contributed by atoms with Crippen molar-refractivity contribution in [3.05, 3.63) is 30.3 Å². The zero-order valence-corrected chi connectivity index (χ0v) is 17.2. The van der Waals surface area contributed by atoms with Gasteiger partial charge in [0.05, 0.1) is 17.8 Å². The predicted molar refractivity (Wildman–Crippen MR) is 116 cm³/mol. The smallest absolute Gasteiger partial charge is 0.224 e. The first-order valence-corrected chi connectivity index (χ1v) is 11.0. The van der Waals surface area contributed by atoms with E-state index in [1.54, 1.807) is 7.11 Å². The van der Waals surface area contributed by atoms with E-state index in [2.05, 4.69) is 15.6 Å². The fraction of sp³-hybridized carbons (Fsp3) is 0.583. The first-order chi connectivity index (χ1) is 14.1. The zero-order chi connectivity index (χ0) is 19.8. The predicted octanol–water partition coefficient (Wildman–Crippen LogP) is 4.84. The molecule has 0 spiro atoms. The Morgan fingerprint density at radius 2 is 1.83 bits per heavy atom. The molecule has 4 bridgehead atoms. The van der Waals surface area contributed by atoms with Crippen LogP contribution in [0.4, 0.5) is 11.5 Å². The lowest BCUT2D eigenvalue weighted by atomic mass is 9.49. The maximum Gasteiger partial charge on any atom is 0.224 e. The van der Waals surface area contributed by atoms with Crippen LogP contribution in [0.15, 0.2) is 30.3 Å². The van der Waals surface area contributed by atoms with Gasteiger partial charge in [-0.15, -0.1) is 0 Å². The molecule has 0 aliphatic heterocycles. The van der Waals surface area contributed by atoms with Gasteiger partial charge < -0.3 is 15.4 Å². The third-order valence-electron chi connectivity index (χ3n) is 7.32. The average Bonchev–Trinajstić information content (AvgIpc) is 2.66. The van der Waals surface area contributed by atoms with Crippen LogP contribution in [0.5, 0.6) is 0 Å². The number of methoxy groups -OCH3 is 1. The summed E-state index contributed by atoms with van der Waals surface area (Å²) < 4.78 is 5.08. The summed E-state index contributed by atoms with van der Waals surface area (Å²) in [5, 5.41) is 7.46. The molecule has 1 heterocycles. The molecule has 0 saturated heterocycles. The largest absolute Gasteiger partial charge is 0.383 e. The molecule has 2 N–H and O–H groups in total. The highest BCUT2D eigenvalue weighted by Crippen LogP contribution is 2.61. The van der Waals surface area contributed by atoms with Crippen LogP contribution in [0.1, 0.15) is 44.9 Å². The number of ether oxygens (including phenoxy) is 1. The van der Waals surface area contributed by atoms with E-state index in [9.17, 15) is 4.79 Å². The van der Waals surface area contributed by atoms with E-state index in [-0.39, 0.29) is 11.3 Å². The fourth-order valence-electron chi connectivity index (χ4n) is 6.69. The summed E-state index contributed by atoms with van der Waals surface area (Å²) in [5.74, 6) is 3.62. The van der Waals surface area contributed by atoms with Gasteiger partial charge in [0, 0.05) is 25.5 Å². The number of anilines is 2. The molecule has 4 saturated carbocycles. The molecule has 0 unspecified atom stereocenters. The normalized spacial score (nSPS) is 29.9. The summed E-state index contributed by atoms with van der Waals surface area (Å²) in [6.45, 7) is 1.36. The highest BCUT2D eigenvalue weighted by atomic mass is 16.5. The van der Waals surface area contributed by atoms with Crippen molar-refractivity contribution in [3.63, 3.8) is 0 Å². The van der Waals surface area contributed by atoms with E-state index < -0.39 is 0 Å². The van der Waals surface area contributed by atoms with Crippen LogP contribution in [0.25, 0.3) is 10.9 Å². The number of hydrogen-bond donors (Lipinski definition) is 2. The Morgan fingerprint density at radius 3 is 2.52 bits per heavy atom. The Kier molecular flexibility index (Phi) is 4.94. The van der Waals surface area contributed by atoms with Crippen LogP contribution in [-0.2, 0) is 9.53 Å². The Bertz CT molecular complexity index is 875. The molecule has 2 aromatic rings. The quantitative estimate of drug-likeness (QED) is 0.661. The van der Waals surface area contributed by atoms with Crippen molar-refractivity contribution in [1.82, 2.24) is 4.98 Å². The molecular formula is C24H31N3O2. The van der Waals surface area contributed by atoms with E-state index in [1.165, 1.54) is 38.5 Å². The highest BCUT2D eigenvalue weighted by molar-refractivity contribution is 6.01. The summed E-state index contributed by atoms with van der Waals surface area (Å²) in [6, 6.07) is 9.95. The van der Waals surface area contributed by atoms with Gasteiger partial charge in [-0.3, -0.25) is 4.79 Å². The number of amides is 1. The molecule has 1 amide bonds. The summed E-state index contributed by atoms with van der Waals surface area (Å²) in [7, 11) is 1.69. The van der Waals surface area contributed by atoms with E-state index in [0.29, 0.717) is 13.0 Å². The van der Waals surface area contributed by atoms with E-state index in [1.807, 2.05) is 30.3 Å². The van der Waals surface area contributed by atoms with Gasteiger partial charge in [-0.2, -0.15) is 0 Å². The van der Waals surface area contributed by atoms with Crippen LogP contribution in [0, 0.1) is 23.2 Å². The minimum Gasteiger partial charge on any atom is -0.383 e. The number of hydrogen-bond acceptors (Lipinski definition) is 4. The number of carbonyl (C=O) groups is 1. The van der Waals surface area contributed by atoms with Gasteiger partial charge in [0.2, 0.25) is 5.91 Å². The monoisotopic (exact) mass is 393 g/mol. The molecule has 0 radical (unpaired) electrons. The summed E-state index contributed by atoms with van der Waals surface area (Å²) in [5.41, 5.74) is 2.02. The topological polar surface area (TPSA) is 63.2 Å². The molecule has 5 nitrogen and oxygen atoms in total. The Balaban J connectivity index is 1.29. The maximum atomic E-state index is 13.0. The third-order valence-corrected chi connectivity index (χ3v) is 7.32. The molecule has 6 rings (SSSR count). The molecule has 1 aromatic heterocycles. The van der Waals surface area contributed by atoms with Crippen molar-refractivity contribution in [2.45, 2.75) is 44.9 Å². The molecule has 4 aliphatic rings. The number of fused-ring (bicyclic) bond motifs is 1. The van der Waals surface area contributed by atoms with E-state index in [4.69, 9.17) is 4.74 Å². The number of aromatic nitrogens is 1. The standard InChI is InChI=1S/C24H31N3O2/c1-29-8-7-25-22-6-5-19-20(26-22)3-2-4-21(19)27-23(28)15-24-12-16-9-17(13-24)11-18(10-16)14-24/h2-6,16-18H,7-15H2,1H3,(H,25,26)(H,27,28). The van der Waals surface area contributed by atoms with Crippen molar-refractivity contribution in [2.24, 2.45) is 23.2 Å². The summed E-state index contributed by atoms with van der Waals surface area (Å²) >= 11 is 0. The van der Waals surface area contributed by atoms with Crippen LogP contribution in [0.3, 0.4) is 0 Å². The second-order valence-electron chi connectivity index (χ2n) is 9.63. The lowest BCUT2D eigenvalue weighted by Crippen LogP contribution is -2.47. The molecule has 1 aromatic carbocycles. The third kappa shape index (κ3) is 3.85. The van der Waals surface area contributed by atoms with Crippen LogP contribution < -0.4 is 10.6 Å². The Hall–Kier alpha value is -2.14. The molecule has 0 atom stereocenters. The van der Waals surface area contributed by atoms with Gasteiger partial charge >= 0.3 is 0 Å². The van der Waals surface area contributed by atoms with Crippen molar-refractivity contribution < 1.29 is 9.53 Å². The average molecular weight is 394 g/mol. The van der Waals surface area contributed by atoms with E-state index in [0.717, 1.165) is 46.7 Å². The fourth-order valence-corrected chi connectivity index (χ4v) is 6.69. The Labute approximate surface area is 172 Å². The molecule has 29 heavy (non-hydrogen) atoms. The number of nitrogens with one attached hydrogen (secondary N) is 2. The first kappa shape index (κ1) is 18.9. The van der Waals surface area contributed by atoms with Gasteiger partial charge in [-0.05, 0) is 86.0 Å². The molecule has 154 valence electrons. The van der Waals surface area contributed by atoms with Crippen molar-refractivity contribution in [2.75, 3.05) is 30.9 Å². The number of benzene rings is 1. The van der Waals surface area contributed by atoms with Gasteiger partial charge in [-0.1, -0.05) is 6.07 Å². The second-order valence-corrected chi connectivity index (χ2v) is 9.63. The van der Waals surface area contributed by atoms with Crippen LogP contribution in [-0.4, -0.2) is 31.2 Å². The van der Waals surface area contributed by atoms with Gasteiger partial charge in [0.25, 0.3) is 0 Å². The molecule has 4 fully saturated rings. The lowest BCUT2D eigenvalue weighted by molar-refractivity contribution is -0.124. The zero-order valence-electron chi connectivity index (χ0n) is 17.2. The number of nitrogens with zero attached hydrogens (tertiary/aromatic N) is 1. The van der Waals surface area contributed by atoms with Crippen molar-refractivity contribution >= 4 is 28.3 Å². The second kappa shape index (κ2) is 7.60. The molecular weight excluding hydrogens is 362 g/mol. The van der Waals surface area contributed by atoms with E-state index >= 15 is 0 Å². The molecule has 4 aliphatic carbocycles. The summed E-state index contributed by atoms with van der Waals surface area (Å²) in [4.78, 5) is 17.7. The highest BCUT2D eigenvalue weighted by Gasteiger charge is 2.51. The number of carbonyl (C=O) groups excluding carboxylic acids is 1. The van der Waals surface area contributed by atoms with Crippen LogP contribution in [0.2, 0.25) is 0 Å². The minimum absolute atomic E-state index is 0.168. The lowest BCUT2D eigenvalue weighted by Gasteiger charge is -2.56. The van der Waals surface area contributed by atoms with Crippen molar-refractivity contribution in [1.29, 1.82) is 0 Å². The van der Waals surface area contributed by atoms with Crippen LogP contribution >= 0.6 is 0 Å².